The quantitative estimate of drug-likeness (QED) is 0.818. The van der Waals surface area contributed by atoms with E-state index in [4.69, 9.17) is 0 Å². The number of hydrogen-bond acceptors (Lipinski definition) is 4. The van der Waals surface area contributed by atoms with E-state index in [1.165, 1.54) is 6.20 Å². The Hall–Kier alpha value is -1.56. The number of carbonyl (C=O) groups is 1. The first kappa shape index (κ1) is 12.9. The van der Waals surface area contributed by atoms with Crippen molar-refractivity contribution in [2.75, 3.05) is 0 Å². The lowest BCUT2D eigenvalue weighted by atomic mass is 10.2. The average Bonchev–Trinajstić information content (AvgIpc) is 2.71. The molecule has 0 saturated carbocycles. The van der Waals surface area contributed by atoms with Crippen molar-refractivity contribution in [1.82, 2.24) is 19.7 Å². The summed E-state index contributed by atoms with van der Waals surface area (Å²) in [5.41, 5.74) is 1.61. The van der Waals surface area contributed by atoms with E-state index in [1.54, 1.807) is 17.1 Å². The maximum atomic E-state index is 12.4. The molecule has 0 saturated heterocycles. The minimum absolute atomic E-state index is 0.105. The second-order valence-electron chi connectivity index (χ2n) is 4.25. The lowest BCUT2D eigenvalue weighted by molar-refractivity contribution is 0.102. The zero-order valence-electron chi connectivity index (χ0n) is 10.4. The average molecular weight is 309 g/mol. The Morgan fingerprint density at radius 3 is 2.56 bits per heavy atom. The number of aryl methyl sites for hydroxylation is 1. The van der Waals surface area contributed by atoms with E-state index in [1.807, 2.05) is 20.8 Å². The zero-order valence-corrected chi connectivity index (χ0v) is 12.0. The van der Waals surface area contributed by atoms with Gasteiger partial charge in [-0.3, -0.25) is 14.5 Å². The molecule has 0 aliphatic rings. The van der Waals surface area contributed by atoms with Crippen LogP contribution < -0.4 is 0 Å². The van der Waals surface area contributed by atoms with Crippen LogP contribution in [-0.2, 0) is 0 Å². The van der Waals surface area contributed by atoms with Crippen LogP contribution in [0.1, 0.15) is 41.8 Å². The van der Waals surface area contributed by atoms with E-state index in [9.17, 15) is 4.79 Å². The van der Waals surface area contributed by atoms with Gasteiger partial charge in [0.15, 0.2) is 0 Å². The second kappa shape index (κ2) is 4.97. The minimum Gasteiger partial charge on any atom is -0.285 e. The number of halogens is 1. The Kier molecular flexibility index (Phi) is 3.56. The predicted octanol–water partition coefficient (Wildman–Crippen LogP) is 2.56. The van der Waals surface area contributed by atoms with Crippen molar-refractivity contribution in [3.63, 3.8) is 0 Å². The van der Waals surface area contributed by atoms with E-state index >= 15 is 0 Å². The standard InChI is InChI=1S/C12H13BrN4O/c1-7(2)17-11(9(13)5-16-17)12(18)10-6-14-8(3)4-15-10/h4-7H,1-3H3. The van der Waals surface area contributed by atoms with E-state index in [0.717, 1.165) is 5.69 Å². The summed E-state index contributed by atoms with van der Waals surface area (Å²) in [6, 6.07) is 0.105. The molecule has 0 aliphatic heterocycles. The van der Waals surface area contributed by atoms with Crippen LogP contribution in [0.5, 0.6) is 0 Å². The van der Waals surface area contributed by atoms with Crippen LogP contribution in [0.15, 0.2) is 23.1 Å². The molecule has 0 aromatic carbocycles. The summed E-state index contributed by atoms with van der Waals surface area (Å²) >= 11 is 3.35. The smallest absolute Gasteiger partial charge is 0.232 e. The summed E-state index contributed by atoms with van der Waals surface area (Å²) < 4.78 is 2.34. The number of carbonyl (C=O) groups excluding carboxylic acids is 1. The van der Waals surface area contributed by atoms with Crippen LogP contribution in [0.4, 0.5) is 0 Å². The molecule has 0 spiro atoms. The lowest BCUT2D eigenvalue weighted by Gasteiger charge is -2.10. The van der Waals surface area contributed by atoms with Gasteiger partial charge < -0.3 is 0 Å². The van der Waals surface area contributed by atoms with Gasteiger partial charge in [-0.15, -0.1) is 0 Å². The van der Waals surface area contributed by atoms with Crippen LogP contribution in [0.2, 0.25) is 0 Å². The monoisotopic (exact) mass is 308 g/mol. The maximum absolute atomic E-state index is 12.4. The van der Waals surface area contributed by atoms with Crippen LogP contribution in [0, 0.1) is 6.92 Å². The van der Waals surface area contributed by atoms with Crippen molar-refractivity contribution in [2.45, 2.75) is 26.8 Å². The fourth-order valence-electron chi connectivity index (χ4n) is 1.58. The molecule has 0 atom stereocenters. The van der Waals surface area contributed by atoms with Crippen molar-refractivity contribution in [3.05, 3.63) is 40.1 Å². The molecule has 2 rings (SSSR count). The molecule has 2 heterocycles. The largest absolute Gasteiger partial charge is 0.285 e. The topological polar surface area (TPSA) is 60.7 Å². The zero-order chi connectivity index (χ0) is 13.3. The summed E-state index contributed by atoms with van der Waals surface area (Å²) in [5.74, 6) is -0.180. The number of nitrogens with zero attached hydrogens (tertiary/aromatic N) is 4. The van der Waals surface area contributed by atoms with Crippen LogP contribution in [0.3, 0.4) is 0 Å². The highest BCUT2D eigenvalue weighted by atomic mass is 79.9. The summed E-state index contributed by atoms with van der Waals surface area (Å²) in [4.78, 5) is 20.6. The van der Waals surface area contributed by atoms with Crippen molar-refractivity contribution < 1.29 is 4.79 Å². The Morgan fingerprint density at radius 2 is 2.00 bits per heavy atom. The van der Waals surface area contributed by atoms with Crippen molar-refractivity contribution in [3.8, 4) is 0 Å². The third-order valence-corrected chi connectivity index (χ3v) is 3.05. The number of ketones is 1. The fraction of sp³-hybridized carbons (Fsp3) is 0.333. The molecule has 2 aromatic heterocycles. The fourth-order valence-corrected chi connectivity index (χ4v) is 2.03. The van der Waals surface area contributed by atoms with Gasteiger partial charge in [-0.1, -0.05) is 0 Å². The van der Waals surface area contributed by atoms with Gasteiger partial charge >= 0.3 is 0 Å². The molecule has 6 heteroatoms. The molecule has 94 valence electrons. The summed E-state index contributed by atoms with van der Waals surface area (Å²) in [6.45, 7) is 5.77. The number of hydrogen-bond donors (Lipinski definition) is 0. The first-order chi connectivity index (χ1) is 8.50. The van der Waals surface area contributed by atoms with Crippen molar-refractivity contribution in [1.29, 1.82) is 0 Å². The summed E-state index contributed by atoms with van der Waals surface area (Å²) in [7, 11) is 0. The van der Waals surface area contributed by atoms with Gasteiger partial charge in [-0.2, -0.15) is 5.10 Å². The van der Waals surface area contributed by atoms with E-state index in [-0.39, 0.29) is 11.8 Å². The number of rotatable bonds is 3. The van der Waals surface area contributed by atoms with Gasteiger partial charge in [0, 0.05) is 12.2 Å². The maximum Gasteiger partial charge on any atom is 0.232 e. The number of aromatic nitrogens is 4. The van der Waals surface area contributed by atoms with E-state index in [0.29, 0.717) is 15.9 Å². The van der Waals surface area contributed by atoms with Gasteiger partial charge in [0.25, 0.3) is 0 Å². The molecule has 0 N–H and O–H groups in total. The Bertz CT molecular complexity index is 574. The third-order valence-electron chi connectivity index (χ3n) is 2.47. The van der Waals surface area contributed by atoms with Crippen molar-refractivity contribution in [2.24, 2.45) is 0 Å². The molecular weight excluding hydrogens is 296 g/mol. The molecule has 2 aromatic rings. The Morgan fingerprint density at radius 1 is 1.28 bits per heavy atom. The Balaban J connectivity index is 2.45. The molecule has 0 fully saturated rings. The summed E-state index contributed by atoms with van der Waals surface area (Å²) in [6.07, 6.45) is 4.69. The van der Waals surface area contributed by atoms with Gasteiger partial charge in [0.1, 0.15) is 11.4 Å². The van der Waals surface area contributed by atoms with E-state index < -0.39 is 0 Å². The highest BCUT2D eigenvalue weighted by Crippen LogP contribution is 2.21. The van der Waals surface area contributed by atoms with Gasteiger partial charge in [0.05, 0.1) is 22.6 Å². The lowest BCUT2D eigenvalue weighted by Crippen LogP contribution is -2.15. The molecule has 0 unspecified atom stereocenters. The van der Waals surface area contributed by atoms with Crippen LogP contribution >= 0.6 is 15.9 Å². The highest BCUT2D eigenvalue weighted by Gasteiger charge is 2.21. The molecule has 0 radical (unpaired) electrons. The normalized spacial score (nSPS) is 10.9. The first-order valence-corrected chi connectivity index (χ1v) is 6.36. The molecule has 0 bridgehead atoms. The van der Waals surface area contributed by atoms with Crippen LogP contribution in [0.25, 0.3) is 0 Å². The molecular formula is C12H13BrN4O. The molecule has 0 aliphatic carbocycles. The summed E-state index contributed by atoms with van der Waals surface area (Å²) in [5, 5.41) is 4.18. The van der Waals surface area contributed by atoms with Gasteiger partial charge in [0.2, 0.25) is 5.78 Å². The molecule has 5 nitrogen and oxygen atoms in total. The minimum atomic E-state index is -0.180. The van der Waals surface area contributed by atoms with Gasteiger partial charge in [-0.05, 0) is 36.7 Å². The highest BCUT2D eigenvalue weighted by molar-refractivity contribution is 9.10. The molecule has 18 heavy (non-hydrogen) atoms. The SMILES string of the molecule is Cc1cnc(C(=O)c2c(Br)cnn2C(C)C)cn1. The third kappa shape index (κ3) is 2.33. The van der Waals surface area contributed by atoms with E-state index in [2.05, 4.69) is 31.0 Å². The van der Waals surface area contributed by atoms with Gasteiger partial charge in [-0.25, -0.2) is 4.98 Å². The second-order valence-corrected chi connectivity index (χ2v) is 5.11. The first-order valence-electron chi connectivity index (χ1n) is 5.57. The van der Waals surface area contributed by atoms with Crippen molar-refractivity contribution >= 4 is 21.7 Å². The predicted molar refractivity (Wildman–Crippen MR) is 70.5 cm³/mol. The molecule has 0 amide bonds. The Labute approximate surface area is 113 Å². The van der Waals surface area contributed by atoms with Crippen LogP contribution in [-0.4, -0.2) is 25.5 Å².